The Morgan fingerprint density at radius 3 is 2.52 bits per heavy atom. The monoisotopic (exact) mass is 366 g/mol. The molecule has 2 aromatic carbocycles. The molecule has 27 heavy (non-hydrogen) atoms. The van der Waals surface area contributed by atoms with E-state index in [4.69, 9.17) is 20.9 Å². The summed E-state index contributed by atoms with van der Waals surface area (Å²) in [4.78, 5) is 16.4. The number of nitrogens with zero attached hydrogens (tertiary/aromatic N) is 1. The minimum Gasteiger partial charge on any atom is -0.493 e. The molecule has 5 N–H and O–H groups in total. The average Bonchev–Trinajstić information content (AvgIpc) is 2.68. The normalized spacial score (nSPS) is 10.7. The number of benzene rings is 2. The van der Waals surface area contributed by atoms with E-state index in [1.165, 1.54) is 6.20 Å². The predicted molar refractivity (Wildman–Crippen MR) is 106 cm³/mol. The summed E-state index contributed by atoms with van der Waals surface area (Å²) in [5.74, 6) is 0.509. The summed E-state index contributed by atoms with van der Waals surface area (Å²) in [5, 5.41) is 4.03. The Morgan fingerprint density at radius 2 is 1.89 bits per heavy atom. The molecular weight excluding hydrogens is 344 g/mol. The quantitative estimate of drug-likeness (QED) is 0.618. The van der Waals surface area contributed by atoms with Gasteiger partial charge >= 0.3 is 0 Å². The first kappa shape index (κ1) is 18.5. The summed E-state index contributed by atoms with van der Waals surface area (Å²) in [7, 11) is 3.11. The Hall–Kier alpha value is -3.32. The maximum atomic E-state index is 12.0. The molecule has 0 saturated carbocycles. The first-order chi connectivity index (χ1) is 13.0. The maximum absolute atomic E-state index is 12.0. The number of amides is 1. The molecule has 0 saturated heterocycles. The molecule has 0 radical (unpaired) electrons. The molecule has 1 heterocycles. The highest BCUT2D eigenvalue weighted by atomic mass is 16.5. The number of carbonyl (C=O) groups is 1. The van der Waals surface area contributed by atoms with Gasteiger partial charge in [-0.05, 0) is 30.2 Å². The van der Waals surface area contributed by atoms with Gasteiger partial charge in [0.05, 0.1) is 31.0 Å². The lowest BCUT2D eigenvalue weighted by atomic mass is 10.0. The van der Waals surface area contributed by atoms with E-state index >= 15 is 0 Å². The summed E-state index contributed by atoms with van der Waals surface area (Å²) in [6, 6.07) is 9.33. The molecule has 140 valence electrons. The van der Waals surface area contributed by atoms with Gasteiger partial charge in [-0.15, -0.1) is 0 Å². The SMILES string of the molecule is COc1cc2ncc(C(N)=O)c(Nc3cccc(CN)c3C)c2cc1OC. The maximum Gasteiger partial charge on any atom is 0.252 e. The highest BCUT2D eigenvalue weighted by molar-refractivity contribution is 6.08. The van der Waals surface area contributed by atoms with E-state index in [1.807, 2.05) is 25.1 Å². The fraction of sp³-hybridized carbons (Fsp3) is 0.200. The number of carbonyl (C=O) groups excluding carboxylic acids is 1. The standard InChI is InChI=1S/C20H22N4O3/c1-11-12(9-21)5-4-6-15(11)24-19-13-7-17(26-2)18(27-3)8-16(13)23-10-14(19)20(22)25/h4-8,10H,9,21H2,1-3H3,(H2,22,25)(H,23,24). The summed E-state index contributed by atoms with van der Waals surface area (Å²) in [6.07, 6.45) is 1.46. The second-order valence-electron chi connectivity index (χ2n) is 6.05. The van der Waals surface area contributed by atoms with Crippen molar-refractivity contribution in [3.05, 3.63) is 53.2 Å². The van der Waals surface area contributed by atoms with Crippen molar-refractivity contribution >= 4 is 28.2 Å². The Balaban J connectivity index is 2.25. The van der Waals surface area contributed by atoms with Gasteiger partial charge in [-0.1, -0.05) is 12.1 Å². The van der Waals surface area contributed by atoms with Crippen LogP contribution in [0.25, 0.3) is 10.9 Å². The van der Waals surface area contributed by atoms with Crippen molar-refractivity contribution in [2.45, 2.75) is 13.5 Å². The first-order valence-corrected chi connectivity index (χ1v) is 8.40. The lowest BCUT2D eigenvalue weighted by molar-refractivity contribution is 0.100. The van der Waals surface area contributed by atoms with Crippen molar-refractivity contribution in [2.24, 2.45) is 11.5 Å². The summed E-state index contributed by atoms with van der Waals surface area (Å²) in [5.41, 5.74) is 15.7. The molecule has 0 aliphatic heterocycles. The van der Waals surface area contributed by atoms with Gasteiger partial charge in [-0.3, -0.25) is 9.78 Å². The highest BCUT2D eigenvalue weighted by Crippen LogP contribution is 2.37. The van der Waals surface area contributed by atoms with Crippen LogP contribution in [0.1, 0.15) is 21.5 Å². The van der Waals surface area contributed by atoms with Crippen molar-refractivity contribution in [1.82, 2.24) is 4.98 Å². The van der Waals surface area contributed by atoms with Crippen LogP contribution in [0, 0.1) is 6.92 Å². The number of anilines is 2. The largest absolute Gasteiger partial charge is 0.493 e. The Labute approximate surface area is 157 Å². The molecule has 3 rings (SSSR count). The molecular formula is C20H22N4O3. The number of nitrogens with two attached hydrogens (primary N) is 2. The summed E-state index contributed by atoms with van der Waals surface area (Å²) in [6.45, 7) is 2.40. The number of fused-ring (bicyclic) bond motifs is 1. The number of methoxy groups -OCH3 is 2. The molecule has 0 bridgehead atoms. The van der Waals surface area contributed by atoms with Crippen LogP contribution in [0.3, 0.4) is 0 Å². The zero-order chi connectivity index (χ0) is 19.6. The minimum absolute atomic E-state index is 0.285. The zero-order valence-corrected chi connectivity index (χ0v) is 15.5. The molecule has 0 spiro atoms. The molecule has 0 fully saturated rings. The average molecular weight is 366 g/mol. The molecule has 1 aromatic heterocycles. The number of rotatable bonds is 6. The fourth-order valence-electron chi connectivity index (χ4n) is 3.02. The molecule has 7 nitrogen and oxygen atoms in total. The van der Waals surface area contributed by atoms with Crippen molar-refractivity contribution in [3.8, 4) is 11.5 Å². The molecule has 0 atom stereocenters. The lowest BCUT2D eigenvalue weighted by Gasteiger charge is -2.17. The number of ether oxygens (including phenoxy) is 2. The fourth-order valence-corrected chi connectivity index (χ4v) is 3.02. The predicted octanol–water partition coefficient (Wildman–Crippen LogP) is 2.86. The summed E-state index contributed by atoms with van der Waals surface area (Å²) >= 11 is 0. The van der Waals surface area contributed by atoms with Crippen LogP contribution in [0.15, 0.2) is 36.5 Å². The topological polar surface area (TPSA) is 112 Å². The number of primary amides is 1. The lowest BCUT2D eigenvalue weighted by Crippen LogP contribution is -2.14. The van der Waals surface area contributed by atoms with Gasteiger partial charge in [0.25, 0.3) is 5.91 Å². The molecule has 7 heteroatoms. The van der Waals surface area contributed by atoms with E-state index in [2.05, 4.69) is 10.3 Å². The number of hydrogen-bond acceptors (Lipinski definition) is 6. The van der Waals surface area contributed by atoms with Crippen LogP contribution in [-0.4, -0.2) is 25.1 Å². The van der Waals surface area contributed by atoms with Crippen molar-refractivity contribution in [3.63, 3.8) is 0 Å². The minimum atomic E-state index is -0.575. The van der Waals surface area contributed by atoms with Crippen LogP contribution in [0.5, 0.6) is 11.5 Å². The third-order valence-corrected chi connectivity index (χ3v) is 4.56. The Kier molecular flexibility index (Phi) is 5.14. The Morgan fingerprint density at radius 1 is 1.19 bits per heavy atom. The molecule has 0 unspecified atom stereocenters. The van der Waals surface area contributed by atoms with Crippen LogP contribution < -0.4 is 26.3 Å². The van der Waals surface area contributed by atoms with Crippen molar-refractivity contribution in [1.29, 1.82) is 0 Å². The van der Waals surface area contributed by atoms with Crippen molar-refractivity contribution < 1.29 is 14.3 Å². The second-order valence-corrected chi connectivity index (χ2v) is 6.05. The first-order valence-electron chi connectivity index (χ1n) is 8.40. The van der Waals surface area contributed by atoms with Gasteiger partial charge < -0.3 is 26.3 Å². The van der Waals surface area contributed by atoms with Crippen LogP contribution in [0.4, 0.5) is 11.4 Å². The van der Waals surface area contributed by atoms with Gasteiger partial charge in [0.1, 0.15) is 0 Å². The van der Waals surface area contributed by atoms with E-state index in [-0.39, 0.29) is 5.56 Å². The van der Waals surface area contributed by atoms with Crippen molar-refractivity contribution in [2.75, 3.05) is 19.5 Å². The summed E-state index contributed by atoms with van der Waals surface area (Å²) < 4.78 is 10.7. The third kappa shape index (κ3) is 3.37. The van der Waals surface area contributed by atoms with Gasteiger partial charge in [-0.25, -0.2) is 0 Å². The number of aromatic nitrogens is 1. The van der Waals surface area contributed by atoms with Gasteiger partial charge in [-0.2, -0.15) is 0 Å². The third-order valence-electron chi connectivity index (χ3n) is 4.56. The van der Waals surface area contributed by atoms with Gasteiger partial charge in [0.2, 0.25) is 0 Å². The van der Waals surface area contributed by atoms with E-state index in [9.17, 15) is 4.79 Å². The smallest absolute Gasteiger partial charge is 0.252 e. The van der Waals surface area contributed by atoms with E-state index in [1.54, 1.807) is 26.4 Å². The zero-order valence-electron chi connectivity index (χ0n) is 15.5. The number of pyridine rings is 1. The van der Waals surface area contributed by atoms with Gasteiger partial charge in [0, 0.05) is 29.9 Å². The molecule has 0 aliphatic rings. The highest BCUT2D eigenvalue weighted by Gasteiger charge is 2.17. The number of hydrogen-bond donors (Lipinski definition) is 3. The van der Waals surface area contributed by atoms with E-state index < -0.39 is 5.91 Å². The van der Waals surface area contributed by atoms with Crippen LogP contribution in [-0.2, 0) is 6.54 Å². The Bertz CT molecular complexity index is 1020. The van der Waals surface area contributed by atoms with Crippen LogP contribution in [0.2, 0.25) is 0 Å². The van der Waals surface area contributed by atoms with E-state index in [0.29, 0.717) is 34.6 Å². The molecule has 1 amide bonds. The van der Waals surface area contributed by atoms with Crippen LogP contribution >= 0.6 is 0 Å². The van der Waals surface area contributed by atoms with E-state index in [0.717, 1.165) is 16.8 Å². The van der Waals surface area contributed by atoms with Gasteiger partial charge in [0.15, 0.2) is 11.5 Å². The molecule has 0 aliphatic carbocycles. The second kappa shape index (κ2) is 7.51. The number of nitrogens with one attached hydrogen (secondary N) is 1. The molecule has 3 aromatic rings.